The van der Waals surface area contributed by atoms with Crippen molar-refractivity contribution in [3.8, 4) is 0 Å². The van der Waals surface area contributed by atoms with E-state index in [4.69, 9.17) is 12.2 Å². The highest BCUT2D eigenvalue weighted by atomic mass is 32.1. The molecular formula is C19H33N3OS. The van der Waals surface area contributed by atoms with Gasteiger partial charge in [0.15, 0.2) is 5.11 Å². The molecule has 24 heavy (non-hydrogen) atoms. The van der Waals surface area contributed by atoms with Gasteiger partial charge in [0.2, 0.25) is 5.91 Å². The first kappa shape index (κ1) is 18.0. The van der Waals surface area contributed by atoms with E-state index in [-0.39, 0.29) is 22.9 Å². The summed E-state index contributed by atoms with van der Waals surface area (Å²) < 4.78 is 0. The van der Waals surface area contributed by atoms with Crippen molar-refractivity contribution in [3.05, 3.63) is 0 Å². The zero-order valence-corrected chi connectivity index (χ0v) is 17.0. The Morgan fingerprint density at radius 1 is 1.25 bits per heavy atom. The summed E-state index contributed by atoms with van der Waals surface area (Å²) in [6, 6.07) is 0.0366. The standard InChI is InChI=1S/C19H33N3OS/c1-11-13-12(18(13,5)6)10-22(11)15(23)14(17(2,3)4)20-16(24)21-19(7)8-9-19/h11-14H,8-10H2,1-7H3,(H2,20,21,24)/t11-,12+,13-,14-/m1/s1. The highest BCUT2D eigenvalue weighted by Gasteiger charge is 2.66. The summed E-state index contributed by atoms with van der Waals surface area (Å²) in [7, 11) is 0. The fourth-order valence-corrected chi connectivity index (χ4v) is 4.89. The van der Waals surface area contributed by atoms with Crippen molar-refractivity contribution in [1.29, 1.82) is 0 Å². The number of nitrogens with one attached hydrogen (secondary N) is 2. The third kappa shape index (κ3) is 3.04. The van der Waals surface area contributed by atoms with Crippen molar-refractivity contribution < 1.29 is 4.79 Å². The van der Waals surface area contributed by atoms with Crippen LogP contribution in [0.1, 0.15) is 61.3 Å². The first-order chi connectivity index (χ1) is 10.9. The maximum atomic E-state index is 13.3. The summed E-state index contributed by atoms with van der Waals surface area (Å²) in [4.78, 5) is 15.4. The average molecular weight is 352 g/mol. The maximum Gasteiger partial charge on any atom is 0.245 e. The quantitative estimate of drug-likeness (QED) is 0.768. The molecule has 136 valence electrons. The highest BCUT2D eigenvalue weighted by molar-refractivity contribution is 7.80. The molecule has 2 saturated carbocycles. The highest BCUT2D eigenvalue weighted by Crippen LogP contribution is 2.64. The Balaban J connectivity index is 1.68. The van der Waals surface area contributed by atoms with Gasteiger partial charge in [0.25, 0.3) is 0 Å². The number of amides is 1. The minimum absolute atomic E-state index is 0.127. The van der Waals surface area contributed by atoms with Crippen molar-refractivity contribution in [1.82, 2.24) is 15.5 Å². The first-order valence-corrected chi connectivity index (χ1v) is 9.67. The van der Waals surface area contributed by atoms with Crippen molar-refractivity contribution in [2.45, 2.75) is 78.9 Å². The average Bonchev–Trinajstić information content (AvgIpc) is 3.20. The molecule has 0 radical (unpaired) electrons. The van der Waals surface area contributed by atoms with Crippen LogP contribution in [-0.4, -0.2) is 40.1 Å². The maximum absolute atomic E-state index is 13.3. The van der Waals surface area contributed by atoms with Crippen LogP contribution in [0.5, 0.6) is 0 Å². The van der Waals surface area contributed by atoms with E-state index in [9.17, 15) is 4.79 Å². The topological polar surface area (TPSA) is 44.4 Å². The molecule has 2 N–H and O–H groups in total. The molecule has 5 heteroatoms. The van der Waals surface area contributed by atoms with Crippen LogP contribution in [0.4, 0.5) is 0 Å². The molecule has 0 aromatic heterocycles. The molecule has 4 atom stereocenters. The summed E-state index contributed by atoms with van der Waals surface area (Å²) >= 11 is 5.49. The lowest BCUT2D eigenvalue weighted by molar-refractivity contribution is -0.137. The Hall–Kier alpha value is -0.840. The minimum atomic E-state index is -0.289. The van der Waals surface area contributed by atoms with Crippen LogP contribution in [-0.2, 0) is 4.79 Å². The summed E-state index contributed by atoms with van der Waals surface area (Å²) in [5, 5.41) is 7.31. The molecule has 4 nitrogen and oxygen atoms in total. The van der Waals surface area contributed by atoms with Crippen molar-refractivity contribution in [2.75, 3.05) is 6.54 Å². The van der Waals surface area contributed by atoms with Crippen LogP contribution in [0.2, 0.25) is 0 Å². The summed E-state index contributed by atoms with van der Waals surface area (Å²) in [6.07, 6.45) is 2.29. The molecule has 3 fully saturated rings. The molecule has 0 bridgehead atoms. The Morgan fingerprint density at radius 3 is 2.25 bits per heavy atom. The van der Waals surface area contributed by atoms with E-state index in [2.05, 4.69) is 64.0 Å². The third-order valence-electron chi connectivity index (χ3n) is 6.63. The number of carbonyl (C=O) groups is 1. The van der Waals surface area contributed by atoms with Crippen LogP contribution < -0.4 is 10.6 Å². The second-order valence-electron chi connectivity index (χ2n) is 10.1. The lowest BCUT2D eigenvalue weighted by atomic mass is 9.85. The molecule has 1 aliphatic heterocycles. The Bertz CT molecular complexity index is 561. The van der Waals surface area contributed by atoms with Crippen molar-refractivity contribution >= 4 is 23.2 Å². The normalized spacial score (nSPS) is 33.5. The zero-order chi connectivity index (χ0) is 18.1. The van der Waals surface area contributed by atoms with Crippen LogP contribution >= 0.6 is 12.2 Å². The Labute approximate surface area is 152 Å². The lowest BCUT2D eigenvalue weighted by Gasteiger charge is -2.38. The first-order valence-electron chi connectivity index (χ1n) is 9.26. The molecule has 1 heterocycles. The SMILES string of the molecule is C[C@@H]1[C@@H]2[C@H](CN1C(=O)[C@@H](NC(=S)NC1(C)CC1)C(C)(C)C)C2(C)C. The monoisotopic (exact) mass is 351 g/mol. The largest absolute Gasteiger partial charge is 0.358 e. The van der Waals surface area contributed by atoms with Gasteiger partial charge in [-0.2, -0.15) is 0 Å². The number of rotatable bonds is 3. The van der Waals surface area contributed by atoms with E-state index >= 15 is 0 Å². The van der Waals surface area contributed by atoms with E-state index < -0.39 is 0 Å². The molecule has 0 aromatic carbocycles. The molecule has 2 aliphatic carbocycles. The smallest absolute Gasteiger partial charge is 0.245 e. The number of carbonyl (C=O) groups excluding carboxylic acids is 1. The summed E-state index contributed by atoms with van der Waals surface area (Å²) in [5.41, 5.74) is 0.343. The summed E-state index contributed by atoms with van der Waals surface area (Å²) in [5.74, 6) is 1.51. The molecule has 1 saturated heterocycles. The van der Waals surface area contributed by atoms with E-state index in [0.29, 0.717) is 28.4 Å². The molecule has 0 spiro atoms. The number of hydrogen-bond donors (Lipinski definition) is 2. The van der Waals surface area contributed by atoms with E-state index in [1.54, 1.807) is 0 Å². The van der Waals surface area contributed by atoms with Gasteiger partial charge >= 0.3 is 0 Å². The Kier molecular flexibility index (Phi) is 3.99. The molecule has 0 aromatic rings. The number of piperidine rings is 1. The molecular weight excluding hydrogens is 318 g/mol. The fourth-order valence-electron chi connectivity index (χ4n) is 4.52. The van der Waals surface area contributed by atoms with Gasteiger partial charge in [0.1, 0.15) is 6.04 Å². The van der Waals surface area contributed by atoms with Gasteiger partial charge < -0.3 is 15.5 Å². The Morgan fingerprint density at radius 2 is 1.83 bits per heavy atom. The van der Waals surface area contributed by atoms with E-state index in [1.807, 2.05) is 0 Å². The van der Waals surface area contributed by atoms with Gasteiger partial charge in [0, 0.05) is 18.1 Å². The van der Waals surface area contributed by atoms with Gasteiger partial charge in [-0.25, -0.2) is 0 Å². The van der Waals surface area contributed by atoms with Crippen LogP contribution in [0.3, 0.4) is 0 Å². The van der Waals surface area contributed by atoms with Gasteiger partial charge in [-0.05, 0) is 61.6 Å². The number of thiocarbonyl (C=S) groups is 1. The van der Waals surface area contributed by atoms with Gasteiger partial charge in [-0.15, -0.1) is 0 Å². The van der Waals surface area contributed by atoms with Crippen molar-refractivity contribution in [3.63, 3.8) is 0 Å². The second kappa shape index (κ2) is 5.33. The number of likely N-dealkylation sites (tertiary alicyclic amines) is 1. The van der Waals surface area contributed by atoms with E-state index in [0.717, 1.165) is 19.4 Å². The zero-order valence-electron chi connectivity index (χ0n) is 16.2. The number of hydrogen-bond acceptors (Lipinski definition) is 2. The fraction of sp³-hybridized carbons (Fsp3) is 0.895. The molecule has 3 aliphatic rings. The minimum Gasteiger partial charge on any atom is -0.358 e. The van der Waals surface area contributed by atoms with Gasteiger partial charge in [-0.3, -0.25) is 4.79 Å². The van der Waals surface area contributed by atoms with E-state index in [1.165, 1.54) is 0 Å². The van der Waals surface area contributed by atoms with Gasteiger partial charge in [-0.1, -0.05) is 34.6 Å². The lowest BCUT2D eigenvalue weighted by Crippen LogP contribution is -2.58. The van der Waals surface area contributed by atoms with Gasteiger partial charge in [0.05, 0.1) is 0 Å². The molecule has 1 amide bonds. The molecule has 3 rings (SSSR count). The van der Waals surface area contributed by atoms with Crippen LogP contribution in [0.25, 0.3) is 0 Å². The molecule has 0 unspecified atom stereocenters. The second-order valence-corrected chi connectivity index (χ2v) is 10.6. The number of nitrogens with zero attached hydrogens (tertiary/aromatic N) is 1. The van der Waals surface area contributed by atoms with Crippen molar-refractivity contribution in [2.24, 2.45) is 22.7 Å². The predicted molar refractivity (Wildman–Crippen MR) is 102 cm³/mol. The predicted octanol–water partition coefficient (Wildman–Crippen LogP) is 2.92. The van der Waals surface area contributed by atoms with Crippen LogP contribution in [0.15, 0.2) is 0 Å². The van der Waals surface area contributed by atoms with Crippen LogP contribution in [0, 0.1) is 22.7 Å². The third-order valence-corrected chi connectivity index (χ3v) is 6.85. The summed E-state index contributed by atoms with van der Waals surface area (Å²) in [6.45, 7) is 16.3. The number of fused-ring (bicyclic) bond motifs is 1.